The van der Waals surface area contributed by atoms with Crippen molar-refractivity contribution >= 4 is 6.21 Å². The van der Waals surface area contributed by atoms with E-state index in [0.717, 1.165) is 11.4 Å². The number of aliphatic imine (C=N–C) groups is 1. The molecule has 0 radical (unpaired) electrons. The predicted octanol–water partition coefficient (Wildman–Crippen LogP) is 0.786. The first kappa shape index (κ1) is 8.73. The first-order valence-electron chi connectivity index (χ1n) is 5.16. The average Bonchev–Trinajstić information content (AvgIpc) is 2.73. The normalized spacial score (nSPS) is 36.7. The summed E-state index contributed by atoms with van der Waals surface area (Å²) in [5, 5.41) is 0. The Morgan fingerprint density at radius 1 is 1.33 bits per heavy atom. The van der Waals surface area contributed by atoms with E-state index >= 15 is 0 Å². The van der Waals surface area contributed by atoms with Crippen LogP contribution in [-0.4, -0.2) is 12.3 Å². The lowest BCUT2D eigenvalue weighted by molar-refractivity contribution is 0.460. The standard InChI is InChI=1S/C11H14N4/c1-7-11(2)4-3-9-10(14-15-13-9)5-8(11)6-12-7/h3-7,13-15H,1-2H3. The Labute approximate surface area is 88.8 Å². The molecule has 0 spiro atoms. The molecule has 0 amide bonds. The van der Waals surface area contributed by atoms with Gasteiger partial charge in [-0.3, -0.25) is 4.99 Å². The van der Waals surface area contributed by atoms with Crippen LogP contribution in [0.2, 0.25) is 0 Å². The molecule has 0 saturated carbocycles. The fourth-order valence-corrected chi connectivity index (χ4v) is 2.11. The van der Waals surface area contributed by atoms with Gasteiger partial charge in [0.1, 0.15) is 0 Å². The van der Waals surface area contributed by atoms with Gasteiger partial charge in [-0.25, -0.2) is 0 Å². The van der Waals surface area contributed by atoms with Crippen LogP contribution in [0.5, 0.6) is 0 Å². The Bertz CT molecular complexity index is 430. The third kappa shape index (κ3) is 1.08. The van der Waals surface area contributed by atoms with Crippen molar-refractivity contribution in [3.05, 3.63) is 35.2 Å². The van der Waals surface area contributed by atoms with E-state index in [9.17, 15) is 0 Å². The van der Waals surface area contributed by atoms with Gasteiger partial charge in [0.2, 0.25) is 0 Å². The highest BCUT2D eigenvalue weighted by atomic mass is 15.6. The molecule has 4 nitrogen and oxygen atoms in total. The molecule has 15 heavy (non-hydrogen) atoms. The van der Waals surface area contributed by atoms with Crippen LogP contribution >= 0.6 is 0 Å². The van der Waals surface area contributed by atoms with Crippen molar-refractivity contribution in [2.24, 2.45) is 10.4 Å². The summed E-state index contributed by atoms with van der Waals surface area (Å²) in [6, 6.07) is 0.313. The molecular formula is C11H14N4. The number of hydrazine groups is 2. The highest BCUT2D eigenvalue weighted by Gasteiger charge is 2.37. The maximum absolute atomic E-state index is 4.47. The molecule has 0 fully saturated rings. The molecular weight excluding hydrogens is 188 g/mol. The highest BCUT2D eigenvalue weighted by molar-refractivity contribution is 5.85. The molecule has 0 saturated heterocycles. The van der Waals surface area contributed by atoms with Crippen LogP contribution in [0.3, 0.4) is 0 Å². The van der Waals surface area contributed by atoms with Gasteiger partial charge in [0.25, 0.3) is 0 Å². The first-order chi connectivity index (χ1) is 7.20. The molecule has 0 bridgehead atoms. The van der Waals surface area contributed by atoms with Crippen molar-refractivity contribution in [2.45, 2.75) is 19.9 Å². The summed E-state index contributed by atoms with van der Waals surface area (Å²) in [7, 11) is 0. The average molecular weight is 202 g/mol. The van der Waals surface area contributed by atoms with Gasteiger partial charge >= 0.3 is 0 Å². The zero-order valence-corrected chi connectivity index (χ0v) is 8.83. The molecule has 3 rings (SSSR count). The number of nitrogens with zero attached hydrogens (tertiary/aromatic N) is 1. The number of hydrogen-bond acceptors (Lipinski definition) is 4. The van der Waals surface area contributed by atoms with Gasteiger partial charge < -0.3 is 10.9 Å². The molecule has 2 aliphatic heterocycles. The van der Waals surface area contributed by atoms with Crippen LogP contribution in [-0.2, 0) is 0 Å². The number of nitrogens with one attached hydrogen (secondary N) is 3. The van der Waals surface area contributed by atoms with Gasteiger partial charge in [-0.05, 0) is 31.6 Å². The number of rotatable bonds is 0. The van der Waals surface area contributed by atoms with Crippen LogP contribution in [0.25, 0.3) is 0 Å². The summed E-state index contributed by atoms with van der Waals surface area (Å²) in [4.78, 5) is 4.47. The van der Waals surface area contributed by atoms with Crippen molar-refractivity contribution in [1.82, 2.24) is 16.4 Å². The minimum absolute atomic E-state index is 0.0354. The van der Waals surface area contributed by atoms with Crippen LogP contribution < -0.4 is 16.4 Å². The fourth-order valence-electron chi connectivity index (χ4n) is 2.11. The Hall–Kier alpha value is -1.55. The van der Waals surface area contributed by atoms with E-state index in [1.165, 1.54) is 5.57 Å². The highest BCUT2D eigenvalue weighted by Crippen LogP contribution is 2.40. The second-order valence-corrected chi connectivity index (χ2v) is 4.37. The van der Waals surface area contributed by atoms with Crippen LogP contribution in [0.4, 0.5) is 0 Å². The van der Waals surface area contributed by atoms with Gasteiger partial charge in [0.15, 0.2) is 0 Å². The quantitative estimate of drug-likeness (QED) is 0.544. The Morgan fingerprint density at radius 2 is 2.13 bits per heavy atom. The van der Waals surface area contributed by atoms with Crippen LogP contribution in [0.15, 0.2) is 40.2 Å². The summed E-state index contributed by atoms with van der Waals surface area (Å²) >= 11 is 0. The van der Waals surface area contributed by atoms with E-state index in [0.29, 0.717) is 6.04 Å². The molecule has 0 aromatic heterocycles. The molecule has 2 atom stereocenters. The summed E-state index contributed by atoms with van der Waals surface area (Å²) in [5.41, 5.74) is 12.5. The zero-order chi connectivity index (χ0) is 10.5. The van der Waals surface area contributed by atoms with Crippen molar-refractivity contribution in [1.29, 1.82) is 0 Å². The maximum Gasteiger partial charge on any atom is 0.0754 e. The molecule has 2 heterocycles. The lowest BCUT2D eigenvalue weighted by Gasteiger charge is -2.25. The first-order valence-corrected chi connectivity index (χ1v) is 5.16. The molecule has 3 N–H and O–H groups in total. The summed E-state index contributed by atoms with van der Waals surface area (Å²) < 4.78 is 0. The third-order valence-electron chi connectivity index (χ3n) is 3.51. The van der Waals surface area contributed by atoms with Crippen molar-refractivity contribution in [3.8, 4) is 0 Å². The van der Waals surface area contributed by atoms with E-state index in [1.807, 2.05) is 6.21 Å². The molecule has 3 aliphatic rings. The van der Waals surface area contributed by atoms with Gasteiger partial charge in [-0.1, -0.05) is 6.08 Å². The summed E-state index contributed by atoms with van der Waals surface area (Å²) in [6.07, 6.45) is 8.46. The van der Waals surface area contributed by atoms with E-state index in [2.05, 4.69) is 53.5 Å². The van der Waals surface area contributed by atoms with Crippen LogP contribution in [0.1, 0.15) is 13.8 Å². The molecule has 0 aromatic carbocycles. The third-order valence-corrected chi connectivity index (χ3v) is 3.51. The number of fused-ring (bicyclic) bond motifs is 1. The van der Waals surface area contributed by atoms with Crippen molar-refractivity contribution in [3.63, 3.8) is 0 Å². The lowest BCUT2D eigenvalue weighted by atomic mass is 9.79. The molecule has 1 aliphatic carbocycles. The number of allylic oxidation sites excluding steroid dienone is 2. The summed E-state index contributed by atoms with van der Waals surface area (Å²) in [6.45, 7) is 4.37. The van der Waals surface area contributed by atoms with E-state index in [-0.39, 0.29) is 5.41 Å². The second-order valence-electron chi connectivity index (χ2n) is 4.37. The van der Waals surface area contributed by atoms with Gasteiger partial charge in [0, 0.05) is 11.6 Å². The molecule has 78 valence electrons. The molecule has 2 unspecified atom stereocenters. The second kappa shape index (κ2) is 2.73. The smallest absolute Gasteiger partial charge is 0.0754 e. The molecule has 0 aromatic rings. The minimum Gasteiger partial charge on any atom is -0.302 e. The Balaban J connectivity index is 2.11. The zero-order valence-electron chi connectivity index (χ0n) is 8.83. The molecule has 4 heteroatoms. The minimum atomic E-state index is 0.0354. The van der Waals surface area contributed by atoms with Crippen molar-refractivity contribution < 1.29 is 0 Å². The SMILES string of the molecule is CC1N=CC2=CC3=C(C=CC21C)NNN3. The topological polar surface area (TPSA) is 48.5 Å². The number of hydrogen-bond donors (Lipinski definition) is 3. The van der Waals surface area contributed by atoms with E-state index < -0.39 is 0 Å². The maximum atomic E-state index is 4.47. The van der Waals surface area contributed by atoms with Gasteiger partial charge in [0.05, 0.1) is 17.4 Å². The lowest BCUT2D eigenvalue weighted by Crippen LogP contribution is -2.33. The Kier molecular flexibility index (Phi) is 1.59. The largest absolute Gasteiger partial charge is 0.302 e. The Morgan fingerprint density at radius 3 is 3.00 bits per heavy atom. The van der Waals surface area contributed by atoms with E-state index in [4.69, 9.17) is 0 Å². The van der Waals surface area contributed by atoms with Gasteiger partial charge in [-0.15, -0.1) is 5.53 Å². The van der Waals surface area contributed by atoms with Gasteiger partial charge in [-0.2, -0.15) is 0 Å². The predicted molar refractivity (Wildman–Crippen MR) is 59.7 cm³/mol. The summed E-state index contributed by atoms with van der Waals surface area (Å²) in [5.74, 6) is 0. The van der Waals surface area contributed by atoms with Crippen LogP contribution in [0, 0.1) is 5.41 Å². The fraction of sp³-hybridized carbons (Fsp3) is 0.364. The monoisotopic (exact) mass is 202 g/mol. The van der Waals surface area contributed by atoms with Crippen molar-refractivity contribution in [2.75, 3.05) is 0 Å². The van der Waals surface area contributed by atoms with E-state index in [1.54, 1.807) is 0 Å².